The molecule has 3 heteroatoms. The quantitative estimate of drug-likeness (QED) is 0.838. The summed E-state index contributed by atoms with van der Waals surface area (Å²) in [5, 5.41) is 9.10. The molecular weight excluding hydrogens is 248 g/mol. The van der Waals surface area contributed by atoms with Gasteiger partial charge in [0.05, 0.1) is 17.0 Å². The molecule has 0 aromatic heterocycles. The van der Waals surface area contributed by atoms with Gasteiger partial charge < -0.3 is 4.90 Å². The summed E-state index contributed by atoms with van der Waals surface area (Å²) >= 11 is 0. The van der Waals surface area contributed by atoms with E-state index in [9.17, 15) is 4.79 Å². The SMILES string of the molecule is CCC(CC)C[C@@]1(C)C(=O)N(C)c2ccc(C#N)cc21. The minimum absolute atomic E-state index is 0.148. The predicted molar refractivity (Wildman–Crippen MR) is 80.6 cm³/mol. The van der Waals surface area contributed by atoms with Gasteiger partial charge in [0.2, 0.25) is 5.91 Å². The minimum atomic E-state index is -0.492. The number of hydrogen-bond acceptors (Lipinski definition) is 2. The van der Waals surface area contributed by atoms with Crippen LogP contribution in [0.5, 0.6) is 0 Å². The summed E-state index contributed by atoms with van der Waals surface area (Å²) in [6, 6.07) is 7.74. The first-order valence-corrected chi connectivity index (χ1v) is 7.30. The number of carbonyl (C=O) groups excluding carboxylic acids is 1. The van der Waals surface area contributed by atoms with Gasteiger partial charge in [0, 0.05) is 12.7 Å². The van der Waals surface area contributed by atoms with Gasteiger partial charge in [0.25, 0.3) is 0 Å². The second-order valence-corrected chi connectivity index (χ2v) is 5.93. The van der Waals surface area contributed by atoms with E-state index in [0.717, 1.165) is 30.5 Å². The van der Waals surface area contributed by atoms with Crippen molar-refractivity contribution in [3.8, 4) is 6.07 Å². The average molecular weight is 270 g/mol. The third kappa shape index (κ3) is 2.10. The van der Waals surface area contributed by atoms with E-state index in [1.54, 1.807) is 11.0 Å². The van der Waals surface area contributed by atoms with Gasteiger partial charge in [0.1, 0.15) is 0 Å². The maximum atomic E-state index is 12.7. The van der Waals surface area contributed by atoms with E-state index in [1.807, 2.05) is 26.1 Å². The Hall–Kier alpha value is -1.82. The third-order valence-electron chi connectivity index (χ3n) is 4.71. The fraction of sp³-hybridized carbons (Fsp3) is 0.529. The zero-order chi connectivity index (χ0) is 14.9. The Kier molecular flexibility index (Phi) is 3.85. The molecule has 106 valence electrons. The Morgan fingerprint density at radius 1 is 1.35 bits per heavy atom. The number of hydrogen-bond donors (Lipinski definition) is 0. The van der Waals surface area contributed by atoms with Gasteiger partial charge in [-0.15, -0.1) is 0 Å². The lowest BCUT2D eigenvalue weighted by atomic mass is 9.74. The molecule has 0 spiro atoms. The standard InChI is InChI=1S/C17H22N2O/c1-5-12(6-2)10-17(3)14-9-13(11-18)7-8-15(14)19(4)16(17)20/h7-9,12H,5-6,10H2,1-4H3/t17-/m1/s1. The van der Waals surface area contributed by atoms with Gasteiger partial charge in [-0.3, -0.25) is 4.79 Å². The normalized spacial score (nSPS) is 21.2. The fourth-order valence-electron chi connectivity index (χ4n) is 3.29. The van der Waals surface area contributed by atoms with Crippen LogP contribution in [0.4, 0.5) is 5.69 Å². The number of fused-ring (bicyclic) bond motifs is 1. The van der Waals surface area contributed by atoms with Crippen LogP contribution in [0.3, 0.4) is 0 Å². The number of anilines is 1. The Morgan fingerprint density at radius 2 is 2.00 bits per heavy atom. The Labute approximate surface area is 121 Å². The molecule has 1 atom stereocenters. The molecule has 0 bridgehead atoms. The van der Waals surface area contributed by atoms with Crippen LogP contribution in [0, 0.1) is 17.2 Å². The maximum Gasteiger partial charge on any atom is 0.237 e. The van der Waals surface area contributed by atoms with Gasteiger partial charge >= 0.3 is 0 Å². The number of amides is 1. The van der Waals surface area contributed by atoms with E-state index in [2.05, 4.69) is 19.9 Å². The highest BCUT2D eigenvalue weighted by atomic mass is 16.2. The van der Waals surface area contributed by atoms with Crippen molar-refractivity contribution < 1.29 is 4.79 Å². The second-order valence-electron chi connectivity index (χ2n) is 5.93. The van der Waals surface area contributed by atoms with E-state index < -0.39 is 5.41 Å². The minimum Gasteiger partial charge on any atom is -0.314 e. The third-order valence-corrected chi connectivity index (χ3v) is 4.71. The molecule has 1 aromatic carbocycles. The van der Waals surface area contributed by atoms with Crippen molar-refractivity contribution in [2.24, 2.45) is 5.92 Å². The smallest absolute Gasteiger partial charge is 0.237 e. The monoisotopic (exact) mass is 270 g/mol. The lowest BCUT2D eigenvalue weighted by Gasteiger charge is -2.27. The number of benzene rings is 1. The Morgan fingerprint density at radius 3 is 2.55 bits per heavy atom. The van der Waals surface area contributed by atoms with Gasteiger partial charge in [-0.1, -0.05) is 26.7 Å². The van der Waals surface area contributed by atoms with E-state index in [1.165, 1.54) is 0 Å². The first-order chi connectivity index (χ1) is 9.47. The number of rotatable bonds is 4. The van der Waals surface area contributed by atoms with Crippen LogP contribution in [-0.2, 0) is 10.2 Å². The molecule has 0 aliphatic carbocycles. The number of carbonyl (C=O) groups is 1. The number of likely N-dealkylation sites (N-methyl/N-ethyl adjacent to an activating group) is 1. The summed E-state index contributed by atoms with van der Waals surface area (Å²) in [6.07, 6.45) is 3.01. The van der Waals surface area contributed by atoms with E-state index >= 15 is 0 Å². The topological polar surface area (TPSA) is 44.1 Å². The summed E-state index contributed by atoms with van der Waals surface area (Å²) in [6.45, 7) is 6.37. The molecule has 1 aliphatic heterocycles. The number of nitriles is 1. The van der Waals surface area contributed by atoms with Crippen LogP contribution in [-0.4, -0.2) is 13.0 Å². The summed E-state index contributed by atoms with van der Waals surface area (Å²) in [7, 11) is 1.82. The first-order valence-electron chi connectivity index (χ1n) is 7.30. The Balaban J connectivity index is 2.50. The van der Waals surface area contributed by atoms with Gasteiger partial charge in [0.15, 0.2) is 0 Å². The lowest BCUT2D eigenvalue weighted by molar-refractivity contribution is -0.123. The molecule has 0 radical (unpaired) electrons. The van der Waals surface area contributed by atoms with Gasteiger partial charge in [-0.25, -0.2) is 0 Å². The molecule has 1 aliphatic rings. The van der Waals surface area contributed by atoms with Crippen molar-refractivity contribution in [3.63, 3.8) is 0 Å². The fourth-order valence-corrected chi connectivity index (χ4v) is 3.29. The molecule has 2 rings (SSSR count). The summed E-state index contributed by atoms with van der Waals surface area (Å²) in [5.74, 6) is 0.684. The highest BCUT2D eigenvalue weighted by Crippen LogP contribution is 2.45. The summed E-state index contributed by atoms with van der Waals surface area (Å²) < 4.78 is 0. The van der Waals surface area contributed by atoms with E-state index in [-0.39, 0.29) is 5.91 Å². The van der Waals surface area contributed by atoms with E-state index in [4.69, 9.17) is 5.26 Å². The maximum absolute atomic E-state index is 12.7. The highest BCUT2D eigenvalue weighted by Gasteiger charge is 2.46. The van der Waals surface area contributed by atoms with E-state index in [0.29, 0.717) is 11.5 Å². The highest BCUT2D eigenvalue weighted by molar-refractivity contribution is 6.07. The van der Waals surface area contributed by atoms with Crippen molar-refractivity contribution in [1.29, 1.82) is 5.26 Å². The van der Waals surface area contributed by atoms with Crippen LogP contribution in [0.1, 0.15) is 51.2 Å². The molecule has 20 heavy (non-hydrogen) atoms. The largest absolute Gasteiger partial charge is 0.314 e. The molecule has 3 nitrogen and oxygen atoms in total. The predicted octanol–water partition coefficient (Wildman–Crippen LogP) is 3.62. The molecule has 0 saturated carbocycles. The molecular formula is C17H22N2O. The van der Waals surface area contributed by atoms with Crippen molar-refractivity contribution in [2.75, 3.05) is 11.9 Å². The van der Waals surface area contributed by atoms with Crippen LogP contribution in [0.2, 0.25) is 0 Å². The van der Waals surface area contributed by atoms with Gasteiger partial charge in [-0.05, 0) is 43.0 Å². The van der Waals surface area contributed by atoms with Crippen molar-refractivity contribution in [2.45, 2.75) is 45.4 Å². The summed E-state index contributed by atoms with van der Waals surface area (Å²) in [5.41, 5.74) is 2.09. The molecule has 0 N–H and O–H groups in total. The zero-order valence-corrected chi connectivity index (χ0v) is 12.7. The molecule has 1 amide bonds. The second kappa shape index (κ2) is 5.28. The van der Waals surface area contributed by atoms with Gasteiger partial charge in [-0.2, -0.15) is 5.26 Å². The van der Waals surface area contributed by atoms with Crippen molar-refractivity contribution in [1.82, 2.24) is 0 Å². The molecule has 0 saturated heterocycles. The van der Waals surface area contributed by atoms with Crippen molar-refractivity contribution in [3.05, 3.63) is 29.3 Å². The molecule has 1 aromatic rings. The summed E-state index contributed by atoms with van der Waals surface area (Å²) in [4.78, 5) is 14.4. The molecule has 0 unspecified atom stereocenters. The first kappa shape index (κ1) is 14.6. The van der Waals surface area contributed by atoms with Crippen LogP contribution < -0.4 is 4.90 Å². The molecule has 0 fully saturated rings. The molecule has 1 heterocycles. The lowest BCUT2D eigenvalue weighted by Crippen LogP contribution is -2.37. The van der Waals surface area contributed by atoms with Crippen LogP contribution in [0.25, 0.3) is 0 Å². The average Bonchev–Trinajstić information content (AvgIpc) is 2.66. The number of nitrogens with zero attached hydrogens (tertiary/aromatic N) is 2. The Bertz CT molecular complexity index is 569. The zero-order valence-electron chi connectivity index (χ0n) is 12.7. The van der Waals surface area contributed by atoms with Crippen molar-refractivity contribution >= 4 is 11.6 Å². The van der Waals surface area contributed by atoms with Crippen LogP contribution in [0.15, 0.2) is 18.2 Å². The van der Waals surface area contributed by atoms with Crippen LogP contribution >= 0.6 is 0 Å².